The summed E-state index contributed by atoms with van der Waals surface area (Å²) in [6.07, 6.45) is 0.187. The van der Waals surface area contributed by atoms with Crippen LogP contribution in [0.5, 0.6) is 0 Å². The van der Waals surface area contributed by atoms with Crippen molar-refractivity contribution < 1.29 is 14.4 Å². The zero-order valence-electron chi connectivity index (χ0n) is 14.8. The molecule has 1 saturated heterocycles. The highest BCUT2D eigenvalue weighted by Crippen LogP contribution is 2.43. The van der Waals surface area contributed by atoms with E-state index >= 15 is 0 Å². The van der Waals surface area contributed by atoms with E-state index in [1.54, 1.807) is 7.05 Å². The number of aryl methyl sites for hydroxylation is 1. The van der Waals surface area contributed by atoms with Gasteiger partial charge in [-0.3, -0.25) is 19.3 Å². The molecule has 0 radical (unpaired) electrons. The van der Waals surface area contributed by atoms with Crippen molar-refractivity contribution in [2.45, 2.75) is 17.8 Å². The van der Waals surface area contributed by atoms with Gasteiger partial charge in [0.15, 0.2) is 5.82 Å². The first-order valence-corrected chi connectivity index (χ1v) is 9.94. The lowest BCUT2D eigenvalue weighted by Crippen LogP contribution is -2.70. The quantitative estimate of drug-likeness (QED) is 0.522. The first kappa shape index (κ1) is 18.7. The Balaban J connectivity index is 1.53. The number of carbonyl (C=O) groups excluding carboxylic acids is 3. The molecule has 0 spiro atoms. The van der Waals surface area contributed by atoms with Gasteiger partial charge >= 0.3 is 0 Å². The predicted molar refractivity (Wildman–Crippen MR) is 105 cm³/mol. The van der Waals surface area contributed by atoms with Crippen LogP contribution in [-0.4, -0.2) is 59.2 Å². The van der Waals surface area contributed by atoms with Gasteiger partial charge in [-0.05, 0) is 16.0 Å². The Bertz CT molecular complexity index is 990. The molecule has 1 N–H and O–H groups in total. The van der Waals surface area contributed by atoms with Crippen LogP contribution in [0.2, 0.25) is 0 Å². The van der Waals surface area contributed by atoms with E-state index in [0.29, 0.717) is 17.2 Å². The molecule has 2 aromatic rings. The van der Waals surface area contributed by atoms with Gasteiger partial charge in [-0.25, -0.2) is 4.68 Å². The second kappa shape index (κ2) is 7.40. The Morgan fingerprint density at radius 2 is 2.07 bits per heavy atom. The number of hydrogen-bond acceptors (Lipinski definition) is 7. The number of carbonyl (C=O) groups is 3. The van der Waals surface area contributed by atoms with E-state index in [-0.39, 0.29) is 29.3 Å². The highest BCUT2D eigenvalue weighted by atomic mass is 32.2. The second-order valence-electron chi connectivity index (χ2n) is 6.38. The van der Waals surface area contributed by atoms with Crippen LogP contribution in [0.3, 0.4) is 0 Å². The molecule has 2 aliphatic heterocycles. The monoisotopic (exact) mass is 416 g/mol. The molecule has 2 amide bonds. The van der Waals surface area contributed by atoms with Crippen LogP contribution < -0.4 is 5.32 Å². The van der Waals surface area contributed by atoms with Crippen molar-refractivity contribution in [3.05, 3.63) is 47.4 Å². The van der Waals surface area contributed by atoms with Gasteiger partial charge in [0.1, 0.15) is 17.1 Å². The Morgan fingerprint density at radius 1 is 1.32 bits per heavy atom. The minimum Gasteiger partial charge on any atom is -0.341 e. The number of fused-ring (bicyclic) bond motifs is 1. The van der Waals surface area contributed by atoms with Gasteiger partial charge < -0.3 is 5.32 Å². The normalized spacial score (nSPS) is 21.2. The fourth-order valence-corrected chi connectivity index (χ4v) is 4.86. The number of amides is 2. The van der Waals surface area contributed by atoms with Gasteiger partial charge in [0, 0.05) is 18.4 Å². The zero-order valence-corrected chi connectivity index (χ0v) is 16.5. The Labute approximate surface area is 169 Å². The average molecular weight is 416 g/mol. The molecular weight excluding hydrogens is 400 g/mol. The fraction of sp³-hybridized carbons (Fsp3) is 0.294. The smallest absolute Gasteiger partial charge is 0.253 e. The summed E-state index contributed by atoms with van der Waals surface area (Å²) < 4.78 is 1.44. The zero-order chi connectivity index (χ0) is 19.8. The van der Waals surface area contributed by atoms with Gasteiger partial charge in [0.2, 0.25) is 11.0 Å². The van der Waals surface area contributed by atoms with Crippen LogP contribution in [0.1, 0.15) is 11.4 Å². The van der Waals surface area contributed by atoms with E-state index < -0.39 is 11.2 Å². The maximum Gasteiger partial charge on any atom is 0.253 e. The molecule has 9 nitrogen and oxygen atoms in total. The van der Waals surface area contributed by atoms with Gasteiger partial charge in [-0.15, -0.1) is 16.9 Å². The summed E-state index contributed by atoms with van der Waals surface area (Å²) >= 11 is 5.39. The number of thiol groups is 1. The lowest BCUT2D eigenvalue weighted by atomic mass is 10.0. The summed E-state index contributed by atoms with van der Waals surface area (Å²) in [5.41, 5.74) is 1.59. The average Bonchev–Trinajstić information content (AvgIpc) is 3.11. The maximum atomic E-state index is 12.7. The van der Waals surface area contributed by atoms with Crippen molar-refractivity contribution in [3.8, 4) is 0 Å². The van der Waals surface area contributed by atoms with E-state index in [9.17, 15) is 14.4 Å². The topological polar surface area (TPSA) is 110 Å². The largest absolute Gasteiger partial charge is 0.341 e. The van der Waals surface area contributed by atoms with Gasteiger partial charge in [0.25, 0.3) is 5.91 Å². The molecule has 0 aliphatic carbocycles. The molecule has 2 aliphatic rings. The van der Waals surface area contributed by atoms with E-state index in [2.05, 4.69) is 33.5 Å². The maximum absolute atomic E-state index is 12.7. The highest BCUT2D eigenvalue weighted by Gasteiger charge is 2.54. The summed E-state index contributed by atoms with van der Waals surface area (Å²) in [6, 6.07) is 8.61. The molecule has 28 heavy (non-hydrogen) atoms. The lowest BCUT2D eigenvalue weighted by molar-refractivity contribution is -0.146. The number of aromatic nitrogens is 4. The molecule has 1 aromatic heterocycles. The van der Waals surface area contributed by atoms with Crippen LogP contribution in [0.15, 0.2) is 36.0 Å². The van der Waals surface area contributed by atoms with Crippen molar-refractivity contribution >= 4 is 46.9 Å². The van der Waals surface area contributed by atoms with E-state index in [1.807, 2.05) is 30.3 Å². The van der Waals surface area contributed by atoms with Gasteiger partial charge in [0.05, 0.1) is 6.42 Å². The third kappa shape index (κ3) is 3.20. The number of β-lactam (4-membered cyclic amide) rings is 1. The van der Waals surface area contributed by atoms with Crippen LogP contribution in [0, 0.1) is 0 Å². The van der Waals surface area contributed by atoms with E-state index in [0.717, 1.165) is 5.56 Å². The van der Waals surface area contributed by atoms with Gasteiger partial charge in [-0.1, -0.05) is 43.0 Å². The summed E-state index contributed by atoms with van der Waals surface area (Å²) in [4.78, 5) is 38.6. The molecule has 0 bridgehead atoms. The molecule has 4 rings (SSSR count). The van der Waals surface area contributed by atoms with Crippen molar-refractivity contribution in [1.29, 1.82) is 0 Å². The van der Waals surface area contributed by atoms with Crippen molar-refractivity contribution in [2.24, 2.45) is 7.05 Å². The van der Waals surface area contributed by atoms with E-state index in [4.69, 9.17) is 0 Å². The predicted octanol–water partition coefficient (Wildman–Crippen LogP) is 0.0202. The third-order valence-corrected chi connectivity index (χ3v) is 6.08. The first-order valence-electron chi connectivity index (χ1n) is 8.44. The molecule has 3 heterocycles. The Kier molecular flexibility index (Phi) is 4.94. The summed E-state index contributed by atoms with van der Waals surface area (Å²) in [5, 5.41) is 13.2. The number of thioether (sulfide) groups is 1. The standard InChI is InChI=1S/C17H16N6O3S2/c1-22-14(19-20-21-22)10-8-28-16-12(15(25)23(16)13(10)17(26)27)18-11(24)7-9-5-3-2-4-6-9/h2-6,12,16H,7-8H2,1H3,(H,18,24)(H,26,27)/t12-,16-/m1/s1. The van der Waals surface area contributed by atoms with Crippen LogP contribution in [0.25, 0.3) is 5.57 Å². The number of hydrogen-bond donors (Lipinski definition) is 2. The first-order chi connectivity index (χ1) is 13.5. The minimum atomic E-state index is -0.678. The molecule has 2 atom stereocenters. The molecule has 0 unspecified atom stereocenters. The van der Waals surface area contributed by atoms with Crippen molar-refractivity contribution in [1.82, 2.24) is 30.4 Å². The van der Waals surface area contributed by atoms with E-state index in [1.165, 1.54) is 21.3 Å². The molecule has 11 heteroatoms. The lowest BCUT2D eigenvalue weighted by Gasteiger charge is -2.49. The number of rotatable bonds is 5. The highest BCUT2D eigenvalue weighted by molar-refractivity contribution is 8.00. The van der Waals surface area contributed by atoms with Gasteiger partial charge in [-0.2, -0.15) is 0 Å². The SMILES string of the molecule is Cn1nnnc1C1=C(C(=O)S)N2C(=O)[C@@H](NC(=O)Cc3ccccc3)[C@H]2SC1. The van der Waals surface area contributed by atoms with Crippen molar-refractivity contribution in [3.63, 3.8) is 0 Å². The summed E-state index contributed by atoms with van der Waals surface area (Å²) in [6.45, 7) is 0. The third-order valence-electron chi connectivity index (χ3n) is 4.58. The Morgan fingerprint density at radius 3 is 2.71 bits per heavy atom. The summed E-state index contributed by atoms with van der Waals surface area (Å²) in [5.74, 6) is 0.252. The molecule has 1 aromatic carbocycles. The number of nitrogens with one attached hydrogen (secondary N) is 1. The van der Waals surface area contributed by atoms with Crippen LogP contribution in [0.4, 0.5) is 0 Å². The van der Waals surface area contributed by atoms with Crippen LogP contribution >= 0.6 is 24.4 Å². The molecule has 1 fully saturated rings. The second-order valence-corrected chi connectivity index (χ2v) is 7.89. The summed E-state index contributed by atoms with van der Waals surface area (Å²) in [7, 11) is 1.66. The molecule has 0 saturated carbocycles. The number of benzene rings is 1. The fourth-order valence-electron chi connectivity index (χ4n) is 3.28. The Hall–Kier alpha value is -2.66. The number of nitrogens with zero attached hydrogens (tertiary/aromatic N) is 5. The number of tetrazole rings is 1. The molecule has 144 valence electrons. The van der Waals surface area contributed by atoms with Crippen LogP contribution in [-0.2, 0) is 27.9 Å². The molecular formula is C17H16N6O3S2. The van der Waals surface area contributed by atoms with Crippen molar-refractivity contribution in [2.75, 3.05) is 5.75 Å². The minimum absolute atomic E-state index is 0.170.